The fourth-order valence-electron chi connectivity index (χ4n) is 6.10. The van der Waals surface area contributed by atoms with Gasteiger partial charge in [-0.25, -0.2) is 4.79 Å². The number of rotatable bonds is 5. The van der Waals surface area contributed by atoms with E-state index >= 15 is 0 Å². The van der Waals surface area contributed by atoms with Crippen LogP contribution in [0.3, 0.4) is 0 Å². The monoisotopic (exact) mass is 504 g/mol. The van der Waals surface area contributed by atoms with Crippen LogP contribution in [0.5, 0.6) is 0 Å². The van der Waals surface area contributed by atoms with Crippen LogP contribution in [0, 0.1) is 0 Å². The molecule has 0 radical (unpaired) electrons. The highest BCUT2D eigenvalue weighted by Crippen LogP contribution is 2.42. The highest BCUT2D eigenvalue weighted by atomic mass is 32.1. The quantitative estimate of drug-likeness (QED) is 0.604. The van der Waals surface area contributed by atoms with Gasteiger partial charge in [-0.2, -0.15) is 0 Å². The molecule has 1 aliphatic carbocycles. The van der Waals surface area contributed by atoms with Gasteiger partial charge in [0.2, 0.25) is 0 Å². The first-order valence-electron chi connectivity index (χ1n) is 13.4. The van der Waals surface area contributed by atoms with Crippen molar-refractivity contribution >= 4 is 22.9 Å². The van der Waals surface area contributed by atoms with Gasteiger partial charge in [0.05, 0.1) is 24.9 Å². The maximum atomic E-state index is 12.9. The van der Waals surface area contributed by atoms with E-state index in [9.17, 15) is 4.79 Å². The smallest absolute Gasteiger partial charge is 0.318 e. The Labute approximate surface area is 218 Å². The molecule has 2 fully saturated rings. The molecule has 2 aromatic rings. The van der Waals surface area contributed by atoms with Crippen molar-refractivity contribution in [2.24, 2.45) is 0 Å². The second-order valence-corrected chi connectivity index (χ2v) is 11.9. The summed E-state index contributed by atoms with van der Waals surface area (Å²) in [6.45, 7) is 8.74. The number of pyridine rings is 1. The number of hydrogen-bond donors (Lipinski definition) is 1. The van der Waals surface area contributed by atoms with Gasteiger partial charge in [-0.05, 0) is 68.9 Å². The molecule has 2 saturated heterocycles. The highest BCUT2D eigenvalue weighted by Gasteiger charge is 2.38. The number of thiophene rings is 1. The molecule has 6 rings (SSSR count). The van der Waals surface area contributed by atoms with Crippen LogP contribution in [-0.4, -0.2) is 65.2 Å². The van der Waals surface area contributed by atoms with Gasteiger partial charge in [0, 0.05) is 65.2 Å². The van der Waals surface area contributed by atoms with E-state index < -0.39 is 0 Å². The van der Waals surface area contributed by atoms with Gasteiger partial charge in [-0.3, -0.25) is 9.88 Å². The molecular formula is C29H36N4O2S. The summed E-state index contributed by atoms with van der Waals surface area (Å²) in [6, 6.07) is 7.57. The topological polar surface area (TPSA) is 57.7 Å². The van der Waals surface area contributed by atoms with E-state index in [1.165, 1.54) is 44.1 Å². The van der Waals surface area contributed by atoms with Gasteiger partial charge in [0.1, 0.15) is 0 Å². The molecular weight excluding hydrogens is 468 g/mol. The third-order valence-electron chi connectivity index (χ3n) is 7.82. The summed E-state index contributed by atoms with van der Waals surface area (Å²) < 4.78 is 5.49. The lowest BCUT2D eigenvalue weighted by atomic mass is 9.82. The fourth-order valence-corrected chi connectivity index (χ4v) is 7.13. The first kappa shape index (κ1) is 23.9. The van der Waals surface area contributed by atoms with Crippen molar-refractivity contribution in [3.05, 3.63) is 58.3 Å². The molecule has 2 amide bonds. The zero-order valence-corrected chi connectivity index (χ0v) is 22.2. The van der Waals surface area contributed by atoms with E-state index in [0.29, 0.717) is 0 Å². The molecule has 6 nitrogen and oxygen atoms in total. The van der Waals surface area contributed by atoms with E-state index in [4.69, 9.17) is 9.72 Å². The number of fused-ring (bicyclic) bond motifs is 3. The van der Waals surface area contributed by atoms with Crippen molar-refractivity contribution in [2.75, 3.05) is 26.3 Å². The Morgan fingerprint density at radius 3 is 2.92 bits per heavy atom. The predicted octanol–water partition coefficient (Wildman–Crippen LogP) is 5.25. The number of ether oxygens (including phenoxy) is 1. The summed E-state index contributed by atoms with van der Waals surface area (Å²) in [5, 5.41) is 3.12. The normalized spacial score (nSPS) is 23.9. The first-order chi connectivity index (χ1) is 17.5. The number of allylic oxidation sites excluding steroid dienone is 2. The number of urea groups is 1. The van der Waals surface area contributed by atoms with E-state index in [2.05, 4.69) is 45.5 Å². The van der Waals surface area contributed by atoms with Gasteiger partial charge in [0.15, 0.2) is 0 Å². The first-order valence-corrected chi connectivity index (χ1v) is 14.3. The van der Waals surface area contributed by atoms with E-state index in [1.54, 1.807) is 0 Å². The largest absolute Gasteiger partial charge is 0.379 e. The van der Waals surface area contributed by atoms with Crippen molar-refractivity contribution in [1.29, 1.82) is 0 Å². The molecule has 5 heterocycles. The molecule has 190 valence electrons. The third kappa shape index (κ3) is 4.76. The Bertz CT molecular complexity index is 1190. The second-order valence-electron chi connectivity index (χ2n) is 10.8. The molecule has 2 aromatic heterocycles. The third-order valence-corrected chi connectivity index (χ3v) is 8.94. The predicted molar refractivity (Wildman–Crippen MR) is 145 cm³/mol. The van der Waals surface area contributed by atoms with Crippen LogP contribution in [0.4, 0.5) is 4.79 Å². The van der Waals surface area contributed by atoms with Crippen LogP contribution < -0.4 is 5.32 Å². The molecule has 3 aliphatic heterocycles. The molecule has 36 heavy (non-hydrogen) atoms. The number of carbonyl (C=O) groups is 1. The van der Waals surface area contributed by atoms with Crippen molar-refractivity contribution in [1.82, 2.24) is 20.1 Å². The maximum Gasteiger partial charge on any atom is 0.318 e. The lowest BCUT2D eigenvalue weighted by Crippen LogP contribution is -2.56. The van der Waals surface area contributed by atoms with E-state index in [0.717, 1.165) is 58.5 Å². The van der Waals surface area contributed by atoms with Crippen LogP contribution in [0.2, 0.25) is 0 Å². The lowest BCUT2D eigenvalue weighted by molar-refractivity contribution is 0.0346. The Morgan fingerprint density at radius 2 is 2.11 bits per heavy atom. The molecule has 0 aromatic carbocycles. The van der Waals surface area contributed by atoms with Gasteiger partial charge >= 0.3 is 6.03 Å². The number of piperidine rings is 1. The van der Waals surface area contributed by atoms with Gasteiger partial charge < -0.3 is 15.0 Å². The number of amides is 2. The zero-order valence-electron chi connectivity index (χ0n) is 21.3. The Morgan fingerprint density at radius 1 is 1.25 bits per heavy atom. The van der Waals surface area contributed by atoms with Crippen LogP contribution >= 0.6 is 11.3 Å². The summed E-state index contributed by atoms with van der Waals surface area (Å²) >= 11 is 1.88. The lowest BCUT2D eigenvalue weighted by Gasteiger charge is -2.45. The van der Waals surface area contributed by atoms with Crippen molar-refractivity contribution < 1.29 is 9.53 Å². The second kappa shape index (κ2) is 10.1. The minimum Gasteiger partial charge on any atom is -0.379 e. The number of carbonyl (C=O) groups excluding carboxylic acids is 1. The van der Waals surface area contributed by atoms with Crippen LogP contribution in [0.15, 0.2) is 42.1 Å². The van der Waals surface area contributed by atoms with Crippen molar-refractivity contribution in [3.8, 4) is 10.4 Å². The average molecular weight is 505 g/mol. The zero-order chi connectivity index (χ0) is 24.6. The maximum absolute atomic E-state index is 12.9. The van der Waals surface area contributed by atoms with Crippen molar-refractivity contribution in [2.45, 2.75) is 70.6 Å². The van der Waals surface area contributed by atoms with E-state index in [1.807, 2.05) is 31.4 Å². The molecule has 7 heteroatoms. The molecule has 2 unspecified atom stereocenters. The Balaban J connectivity index is 1.22. The molecule has 2 atom stereocenters. The minimum absolute atomic E-state index is 0.0883. The molecule has 4 aliphatic rings. The summed E-state index contributed by atoms with van der Waals surface area (Å²) in [7, 11) is 0. The number of morpholine rings is 1. The average Bonchev–Trinajstić information content (AvgIpc) is 3.50. The number of nitrogens with zero attached hydrogens (tertiary/aromatic N) is 3. The summed E-state index contributed by atoms with van der Waals surface area (Å²) in [4.78, 5) is 25.1. The van der Waals surface area contributed by atoms with Gasteiger partial charge in [-0.15, -0.1) is 11.3 Å². The molecule has 0 spiro atoms. The van der Waals surface area contributed by atoms with Gasteiger partial charge in [-0.1, -0.05) is 12.2 Å². The number of hydrogen-bond acceptors (Lipinski definition) is 5. The standard InChI is InChI=1S/C29H36N4O2S/c1-19(2)31-29(34)33-22-4-3-5-23(33)15-20(14-22)25-7-8-27-26(25)16-21(17-30-27)28-9-6-24(36-28)18-32-10-12-35-13-11-32/h6-7,9,14,16-17,19,22-23H,3-5,8,10-13,15,18H2,1-2H3,(H,31,34). The van der Waals surface area contributed by atoms with Crippen LogP contribution in [0.25, 0.3) is 16.0 Å². The molecule has 0 saturated carbocycles. The molecule has 1 N–H and O–H groups in total. The fraction of sp³-hybridized carbons (Fsp3) is 0.517. The summed E-state index contributed by atoms with van der Waals surface area (Å²) in [6.07, 6.45) is 11.9. The van der Waals surface area contributed by atoms with Crippen LogP contribution in [0.1, 0.15) is 55.7 Å². The van der Waals surface area contributed by atoms with Crippen molar-refractivity contribution in [3.63, 3.8) is 0 Å². The Hall–Kier alpha value is -2.48. The highest BCUT2D eigenvalue weighted by molar-refractivity contribution is 7.15. The van der Waals surface area contributed by atoms with E-state index in [-0.39, 0.29) is 24.2 Å². The van der Waals surface area contributed by atoms with Gasteiger partial charge in [0.25, 0.3) is 0 Å². The SMILES string of the molecule is CC(C)NC(=O)N1C2C=C(C3=CCc4ncc(-c5ccc(CN6CCOCC6)s5)cc43)CC1CCC2. The number of aromatic nitrogens is 1. The summed E-state index contributed by atoms with van der Waals surface area (Å²) in [5.41, 5.74) is 6.39. The minimum atomic E-state index is 0.0883. The summed E-state index contributed by atoms with van der Waals surface area (Å²) in [5.74, 6) is 0. The number of nitrogens with one attached hydrogen (secondary N) is 1. The molecule has 2 bridgehead atoms. The Kier molecular flexibility index (Phi) is 6.71. The van der Waals surface area contributed by atoms with Crippen LogP contribution in [-0.2, 0) is 17.7 Å².